The lowest BCUT2D eigenvalue weighted by molar-refractivity contribution is 0.108. The van der Waals surface area contributed by atoms with Crippen LogP contribution >= 0.6 is 8.58 Å². The predicted molar refractivity (Wildman–Crippen MR) is 107 cm³/mol. The third kappa shape index (κ3) is 4.33. The van der Waals surface area contributed by atoms with Gasteiger partial charge in [-0.2, -0.15) is 0 Å². The Labute approximate surface area is 148 Å². The summed E-state index contributed by atoms with van der Waals surface area (Å²) in [4.78, 5) is 12.8. The number of carbonyl (C=O) groups excluding carboxylic acids is 1. The molecule has 0 heterocycles. The van der Waals surface area contributed by atoms with E-state index in [2.05, 4.69) is 53.7 Å². The quantitative estimate of drug-likeness (QED) is 0.572. The summed E-state index contributed by atoms with van der Waals surface area (Å²) in [5.74, 6) is 1.35. The average Bonchev–Trinajstić information content (AvgIpc) is 2.54. The summed E-state index contributed by atoms with van der Waals surface area (Å²) < 4.78 is 0. The third-order valence-corrected chi connectivity index (χ3v) is 5.75. The van der Waals surface area contributed by atoms with Gasteiger partial charge in [0.25, 0.3) is 0 Å². The van der Waals surface area contributed by atoms with Gasteiger partial charge in [0.1, 0.15) is 0 Å². The second-order valence-corrected chi connectivity index (χ2v) is 8.56. The fourth-order valence-corrected chi connectivity index (χ4v) is 4.42. The highest BCUT2D eigenvalue weighted by molar-refractivity contribution is 7.66. The van der Waals surface area contributed by atoms with Crippen LogP contribution in [0.15, 0.2) is 42.5 Å². The third-order valence-electron chi connectivity index (χ3n) is 4.41. The maximum Gasteiger partial charge on any atom is 0.185 e. The Morgan fingerprint density at radius 1 is 0.792 bits per heavy atom. The van der Waals surface area contributed by atoms with E-state index in [4.69, 9.17) is 0 Å². The van der Waals surface area contributed by atoms with Crippen molar-refractivity contribution in [3.05, 3.63) is 64.7 Å². The summed E-state index contributed by atoms with van der Waals surface area (Å²) in [5, 5.41) is 1.26. The van der Waals surface area contributed by atoms with Gasteiger partial charge in [-0.15, -0.1) is 0 Å². The van der Waals surface area contributed by atoms with Crippen LogP contribution in [0.2, 0.25) is 0 Å². The van der Waals surface area contributed by atoms with E-state index in [1.54, 1.807) is 0 Å². The molecule has 0 N–H and O–H groups in total. The molecule has 2 aromatic rings. The zero-order valence-corrected chi connectivity index (χ0v) is 16.7. The first-order chi connectivity index (χ1) is 11.3. The van der Waals surface area contributed by atoms with Crippen LogP contribution in [0, 0.1) is 0 Å². The van der Waals surface area contributed by atoms with Gasteiger partial charge < -0.3 is 0 Å². The second-order valence-electron chi connectivity index (χ2n) is 7.36. The van der Waals surface area contributed by atoms with Gasteiger partial charge in [0.15, 0.2) is 5.52 Å². The molecule has 0 saturated heterocycles. The highest BCUT2D eigenvalue weighted by Gasteiger charge is 2.19. The summed E-state index contributed by atoms with van der Waals surface area (Å²) in [6, 6.07) is 14.3. The summed E-state index contributed by atoms with van der Waals surface area (Å²) >= 11 is 0. The Balaban J connectivity index is 2.52. The zero-order chi connectivity index (χ0) is 17.9. The lowest BCUT2D eigenvalue weighted by Gasteiger charge is -2.22. The Hall–Kier alpha value is -1.46. The van der Waals surface area contributed by atoms with Gasteiger partial charge in [0.2, 0.25) is 0 Å². The molecule has 1 unspecified atom stereocenters. The number of hydrogen-bond acceptors (Lipinski definition) is 1. The van der Waals surface area contributed by atoms with E-state index in [1.807, 2.05) is 30.3 Å². The molecule has 2 aromatic carbocycles. The van der Waals surface area contributed by atoms with Gasteiger partial charge in [-0.05, 0) is 48.3 Å². The molecule has 0 fully saturated rings. The van der Waals surface area contributed by atoms with Gasteiger partial charge in [0, 0.05) is 5.56 Å². The van der Waals surface area contributed by atoms with Gasteiger partial charge in [0.05, 0.1) is 0 Å². The van der Waals surface area contributed by atoms with Crippen molar-refractivity contribution in [3.63, 3.8) is 0 Å². The van der Waals surface area contributed by atoms with E-state index in [0.29, 0.717) is 17.8 Å². The Bertz CT molecular complexity index is 670. The van der Waals surface area contributed by atoms with Crippen LogP contribution in [-0.2, 0) is 0 Å². The van der Waals surface area contributed by atoms with Crippen LogP contribution in [-0.4, -0.2) is 5.52 Å². The molecule has 0 aromatic heterocycles. The summed E-state index contributed by atoms with van der Waals surface area (Å²) in [5.41, 5.74) is 5.10. The van der Waals surface area contributed by atoms with Crippen molar-refractivity contribution < 1.29 is 4.79 Å². The molecule has 1 atom stereocenters. The van der Waals surface area contributed by atoms with E-state index >= 15 is 0 Å². The molecule has 0 amide bonds. The van der Waals surface area contributed by atoms with Gasteiger partial charge in [-0.1, -0.05) is 84.0 Å². The number of rotatable bonds is 6. The van der Waals surface area contributed by atoms with E-state index in [1.165, 1.54) is 22.0 Å². The molecular formula is C22H29OP. The normalized spacial score (nSPS) is 12.0. The first-order valence-electron chi connectivity index (χ1n) is 8.85. The van der Waals surface area contributed by atoms with Crippen LogP contribution in [0.1, 0.15) is 86.3 Å². The van der Waals surface area contributed by atoms with Gasteiger partial charge in [-0.25, -0.2) is 0 Å². The molecule has 0 saturated carbocycles. The molecule has 0 aliphatic rings. The summed E-state index contributed by atoms with van der Waals surface area (Å²) in [6.45, 7) is 13.4. The molecule has 0 aliphatic carbocycles. The first-order valence-corrected chi connectivity index (χ1v) is 9.85. The highest BCUT2D eigenvalue weighted by atomic mass is 31.1. The van der Waals surface area contributed by atoms with Crippen LogP contribution in [0.4, 0.5) is 0 Å². The zero-order valence-electron chi connectivity index (χ0n) is 15.7. The summed E-state index contributed by atoms with van der Waals surface area (Å²) in [7, 11) is 0.190. The molecule has 24 heavy (non-hydrogen) atoms. The van der Waals surface area contributed by atoms with Crippen molar-refractivity contribution in [1.29, 1.82) is 0 Å². The van der Waals surface area contributed by atoms with Crippen molar-refractivity contribution in [1.82, 2.24) is 0 Å². The monoisotopic (exact) mass is 340 g/mol. The Morgan fingerprint density at radius 2 is 1.29 bits per heavy atom. The molecule has 128 valence electrons. The minimum Gasteiger partial charge on any atom is -0.289 e. The fourth-order valence-electron chi connectivity index (χ4n) is 2.88. The SMILES string of the molecule is CC(C)c1cc(C(C)C)c(PC(=O)c2ccccc2)c(C(C)C)c1. The van der Waals surface area contributed by atoms with Crippen LogP contribution in [0.5, 0.6) is 0 Å². The second kappa shape index (κ2) is 8.08. The Morgan fingerprint density at radius 3 is 1.71 bits per heavy atom. The average molecular weight is 340 g/mol. The number of hydrogen-bond donors (Lipinski definition) is 0. The Kier molecular flexibility index (Phi) is 6.35. The van der Waals surface area contributed by atoms with E-state index in [-0.39, 0.29) is 14.1 Å². The maximum absolute atomic E-state index is 12.8. The van der Waals surface area contributed by atoms with Crippen molar-refractivity contribution in [2.75, 3.05) is 0 Å². The first kappa shape index (κ1) is 18.9. The van der Waals surface area contributed by atoms with Crippen LogP contribution in [0.3, 0.4) is 0 Å². The van der Waals surface area contributed by atoms with E-state index in [9.17, 15) is 4.79 Å². The number of carbonyl (C=O) groups is 1. The maximum atomic E-state index is 12.8. The molecule has 0 spiro atoms. The topological polar surface area (TPSA) is 17.1 Å². The summed E-state index contributed by atoms with van der Waals surface area (Å²) in [6.07, 6.45) is 0. The lowest BCUT2D eigenvalue weighted by atomic mass is 9.89. The lowest BCUT2D eigenvalue weighted by Crippen LogP contribution is -2.17. The standard InChI is InChI=1S/C22H29OP/c1-14(2)18-12-19(15(3)4)21(20(13-18)16(5)6)24-22(23)17-10-8-7-9-11-17/h7-16,24H,1-6H3. The molecule has 0 radical (unpaired) electrons. The highest BCUT2D eigenvalue weighted by Crippen LogP contribution is 2.32. The number of benzene rings is 2. The van der Waals surface area contributed by atoms with Crippen molar-refractivity contribution >= 4 is 19.4 Å². The molecule has 0 bridgehead atoms. The van der Waals surface area contributed by atoms with Crippen molar-refractivity contribution in [2.45, 2.75) is 59.3 Å². The molecule has 0 aliphatic heterocycles. The van der Waals surface area contributed by atoms with Gasteiger partial charge >= 0.3 is 0 Å². The van der Waals surface area contributed by atoms with Crippen LogP contribution < -0.4 is 5.30 Å². The molecule has 2 heteroatoms. The smallest absolute Gasteiger partial charge is 0.185 e. The van der Waals surface area contributed by atoms with E-state index in [0.717, 1.165) is 5.56 Å². The minimum atomic E-state index is 0.190. The molecule has 1 nitrogen and oxygen atoms in total. The van der Waals surface area contributed by atoms with E-state index < -0.39 is 0 Å². The van der Waals surface area contributed by atoms with Gasteiger partial charge in [-0.3, -0.25) is 4.79 Å². The van der Waals surface area contributed by atoms with Crippen LogP contribution in [0.25, 0.3) is 0 Å². The minimum absolute atomic E-state index is 0.190. The predicted octanol–water partition coefficient (Wildman–Crippen LogP) is 6.20. The fraction of sp³-hybridized carbons (Fsp3) is 0.409. The largest absolute Gasteiger partial charge is 0.289 e. The molecular weight excluding hydrogens is 311 g/mol. The van der Waals surface area contributed by atoms with Crippen molar-refractivity contribution in [3.8, 4) is 0 Å². The molecule has 2 rings (SSSR count). The van der Waals surface area contributed by atoms with Crippen molar-refractivity contribution in [2.24, 2.45) is 0 Å².